The maximum Gasteiger partial charge on any atom is 0.0462 e. The topological polar surface area (TPSA) is 3.24 Å². The van der Waals surface area contributed by atoms with Crippen LogP contribution >= 0.6 is 10.0 Å². The first-order chi connectivity index (χ1) is 24.7. The van der Waals surface area contributed by atoms with E-state index in [-0.39, 0.29) is 0 Å². The summed E-state index contributed by atoms with van der Waals surface area (Å²) in [5.41, 5.74) is 10.5. The first kappa shape index (κ1) is 31.2. The first-order valence-corrected chi connectivity index (χ1v) is 18.5. The van der Waals surface area contributed by atoms with Crippen LogP contribution in [0, 0.1) is 0 Å². The van der Waals surface area contributed by atoms with Crippen LogP contribution in [0.4, 0.5) is 11.4 Å². The molecular formula is C48H37NS. The fourth-order valence-corrected chi connectivity index (χ4v) is 11.7. The monoisotopic (exact) mass is 659 g/mol. The number of benzene rings is 7. The van der Waals surface area contributed by atoms with Crippen molar-refractivity contribution in [2.75, 3.05) is 4.90 Å². The molecule has 1 nitrogen and oxygen atoms in total. The molecule has 240 valence electrons. The minimum Gasteiger partial charge on any atom is -0.311 e. The highest BCUT2D eigenvalue weighted by molar-refractivity contribution is 8.34. The third-order valence-corrected chi connectivity index (χ3v) is 13.5. The number of anilines is 2. The van der Waals surface area contributed by atoms with Gasteiger partial charge in [-0.3, -0.25) is 0 Å². The van der Waals surface area contributed by atoms with Gasteiger partial charge in [-0.05, 0) is 100 Å². The van der Waals surface area contributed by atoms with Crippen molar-refractivity contribution < 1.29 is 0 Å². The van der Waals surface area contributed by atoms with Crippen LogP contribution in [-0.2, 0) is 0 Å². The Morgan fingerprint density at radius 2 is 0.920 bits per heavy atom. The van der Waals surface area contributed by atoms with Crippen LogP contribution in [0.15, 0.2) is 239 Å². The molecule has 0 aromatic heterocycles. The zero-order valence-electron chi connectivity index (χ0n) is 27.8. The number of hydrogen-bond donors (Lipinski definition) is 0. The molecule has 0 unspecified atom stereocenters. The fourth-order valence-electron chi connectivity index (χ4n) is 7.27. The summed E-state index contributed by atoms with van der Waals surface area (Å²) in [5, 5.41) is 0. The second kappa shape index (κ2) is 13.4. The highest BCUT2D eigenvalue weighted by Crippen LogP contribution is 2.81. The van der Waals surface area contributed by atoms with Crippen LogP contribution in [-0.4, -0.2) is 0 Å². The summed E-state index contributed by atoms with van der Waals surface area (Å²) in [5.74, 6) is 0. The predicted molar refractivity (Wildman–Crippen MR) is 213 cm³/mol. The van der Waals surface area contributed by atoms with E-state index in [0.29, 0.717) is 0 Å². The van der Waals surface area contributed by atoms with Gasteiger partial charge in [0.05, 0.1) is 0 Å². The summed E-state index contributed by atoms with van der Waals surface area (Å²) in [7, 11) is -1.78. The van der Waals surface area contributed by atoms with Crippen LogP contribution in [0.3, 0.4) is 0 Å². The Kier molecular flexibility index (Phi) is 8.38. The van der Waals surface area contributed by atoms with Gasteiger partial charge < -0.3 is 4.90 Å². The van der Waals surface area contributed by atoms with Gasteiger partial charge in [0.1, 0.15) is 0 Å². The SMILES string of the molecule is C=C/C=C(\C=C)N(c1ccc(-c2ccccc2)cc1)c1ccc(-c2cccc3c2S(c2ccccc2)(c2ccccc2)c2ccccc2-3)cc1. The summed E-state index contributed by atoms with van der Waals surface area (Å²) >= 11 is 0. The molecule has 50 heavy (non-hydrogen) atoms. The van der Waals surface area contributed by atoms with E-state index in [4.69, 9.17) is 0 Å². The third kappa shape index (κ3) is 5.22. The second-order valence-corrected chi connectivity index (χ2v) is 15.3. The van der Waals surface area contributed by atoms with Gasteiger partial charge >= 0.3 is 0 Å². The summed E-state index contributed by atoms with van der Waals surface area (Å²) in [6, 6.07) is 66.3. The molecule has 0 atom stereocenters. The second-order valence-electron chi connectivity index (χ2n) is 12.2. The average Bonchev–Trinajstić information content (AvgIpc) is 3.51. The van der Waals surface area contributed by atoms with Gasteiger partial charge in [0.25, 0.3) is 0 Å². The first-order valence-electron chi connectivity index (χ1n) is 16.9. The molecule has 0 aliphatic carbocycles. The number of allylic oxidation sites excluding steroid dienone is 3. The van der Waals surface area contributed by atoms with Crippen molar-refractivity contribution in [2.45, 2.75) is 19.6 Å². The molecular weight excluding hydrogens is 623 g/mol. The Hall–Kier alpha value is -6.09. The highest BCUT2D eigenvalue weighted by Gasteiger charge is 2.43. The minimum absolute atomic E-state index is 0.952. The molecule has 2 heteroatoms. The predicted octanol–water partition coefficient (Wildman–Crippen LogP) is 13.7. The summed E-state index contributed by atoms with van der Waals surface area (Å²) in [6.45, 7) is 8.15. The van der Waals surface area contributed by atoms with E-state index in [0.717, 1.165) is 17.1 Å². The van der Waals surface area contributed by atoms with Gasteiger partial charge in [-0.2, -0.15) is 0 Å². The van der Waals surface area contributed by atoms with Crippen LogP contribution in [0.5, 0.6) is 0 Å². The molecule has 0 saturated heterocycles. The van der Waals surface area contributed by atoms with Crippen LogP contribution in [0.2, 0.25) is 0 Å². The number of fused-ring (bicyclic) bond motifs is 3. The largest absolute Gasteiger partial charge is 0.311 e. The smallest absolute Gasteiger partial charge is 0.0462 e. The molecule has 0 saturated carbocycles. The maximum atomic E-state index is 4.16. The summed E-state index contributed by atoms with van der Waals surface area (Å²) in [6.07, 6.45) is 5.71. The van der Waals surface area contributed by atoms with Crippen molar-refractivity contribution >= 4 is 21.4 Å². The fraction of sp³-hybridized carbons (Fsp3) is 0. The van der Waals surface area contributed by atoms with Crippen LogP contribution in [0.25, 0.3) is 33.4 Å². The van der Waals surface area contributed by atoms with E-state index in [2.05, 4.69) is 194 Å². The van der Waals surface area contributed by atoms with E-state index in [9.17, 15) is 0 Å². The lowest BCUT2D eigenvalue weighted by molar-refractivity contribution is 1.21. The third-order valence-electron chi connectivity index (χ3n) is 9.45. The van der Waals surface area contributed by atoms with Gasteiger partial charge in [-0.25, -0.2) is 0 Å². The van der Waals surface area contributed by atoms with E-state index < -0.39 is 10.0 Å². The quantitative estimate of drug-likeness (QED) is 0.139. The Bertz CT molecular complexity index is 2280. The molecule has 7 aromatic rings. The van der Waals surface area contributed by atoms with Crippen molar-refractivity contribution in [3.8, 4) is 33.4 Å². The van der Waals surface area contributed by atoms with Gasteiger partial charge in [-0.15, -0.1) is 10.0 Å². The van der Waals surface area contributed by atoms with Crippen molar-refractivity contribution in [3.63, 3.8) is 0 Å². The molecule has 0 radical (unpaired) electrons. The van der Waals surface area contributed by atoms with Crippen LogP contribution < -0.4 is 4.90 Å². The van der Waals surface area contributed by atoms with E-state index >= 15 is 0 Å². The van der Waals surface area contributed by atoms with E-state index in [1.54, 1.807) is 0 Å². The lowest BCUT2D eigenvalue weighted by atomic mass is 9.98. The molecule has 1 aliphatic heterocycles. The normalized spacial score (nSPS) is 13.5. The van der Waals surface area contributed by atoms with Gasteiger partial charge in [0, 0.05) is 36.7 Å². The van der Waals surface area contributed by atoms with Crippen LogP contribution in [0.1, 0.15) is 0 Å². The zero-order chi connectivity index (χ0) is 33.9. The Balaban J connectivity index is 1.28. The molecule has 0 spiro atoms. The Labute approximate surface area is 297 Å². The molecule has 0 N–H and O–H groups in total. The van der Waals surface area contributed by atoms with Gasteiger partial charge in [0.2, 0.25) is 0 Å². The van der Waals surface area contributed by atoms with Crippen molar-refractivity contribution in [2.24, 2.45) is 0 Å². The molecule has 7 aromatic carbocycles. The zero-order valence-corrected chi connectivity index (χ0v) is 28.6. The Morgan fingerprint density at radius 3 is 1.50 bits per heavy atom. The summed E-state index contributed by atoms with van der Waals surface area (Å²) < 4.78 is 0. The van der Waals surface area contributed by atoms with Gasteiger partial charge in [0.15, 0.2) is 0 Å². The standard InChI is InChI=1S/C48H37NS/c1-3-17-39(4-2)49(40-32-28-37(29-33-40)36-18-8-5-9-19-36)41-34-30-38(31-35-41)44-25-16-26-46-45-24-14-15-27-47(45)50(48(44)46,42-20-10-6-11-21-42)43-22-12-7-13-23-43/h3-35H,1-2H2/b39-17+. The molecule has 0 amide bonds. The molecule has 0 fully saturated rings. The molecule has 1 heterocycles. The minimum atomic E-state index is -1.78. The van der Waals surface area contributed by atoms with Gasteiger partial charge in [-0.1, -0.05) is 147 Å². The lowest BCUT2D eigenvalue weighted by Crippen LogP contribution is -2.15. The summed E-state index contributed by atoms with van der Waals surface area (Å²) in [4.78, 5) is 7.72. The van der Waals surface area contributed by atoms with Crippen molar-refractivity contribution in [1.82, 2.24) is 0 Å². The number of hydrogen-bond acceptors (Lipinski definition) is 1. The molecule has 1 aliphatic rings. The lowest BCUT2D eigenvalue weighted by Gasteiger charge is -2.40. The Morgan fingerprint density at radius 1 is 0.440 bits per heavy atom. The molecule has 0 bridgehead atoms. The van der Waals surface area contributed by atoms with Crippen molar-refractivity contribution in [3.05, 3.63) is 219 Å². The molecule has 8 rings (SSSR count). The van der Waals surface area contributed by atoms with E-state index in [1.165, 1.54) is 53.0 Å². The number of nitrogens with zero attached hydrogens (tertiary/aromatic N) is 1. The number of rotatable bonds is 9. The van der Waals surface area contributed by atoms with Crippen molar-refractivity contribution in [1.29, 1.82) is 0 Å². The highest BCUT2D eigenvalue weighted by atomic mass is 32.3. The van der Waals surface area contributed by atoms with E-state index in [1.807, 2.05) is 24.3 Å². The maximum absolute atomic E-state index is 4.16. The average molecular weight is 660 g/mol.